The number of carbonyl (C=O) groups excluding carboxylic acids is 1. The Bertz CT molecular complexity index is 765. The Balaban J connectivity index is 1.63. The van der Waals surface area contributed by atoms with E-state index in [1.807, 2.05) is 25.1 Å². The van der Waals surface area contributed by atoms with Gasteiger partial charge in [0.15, 0.2) is 0 Å². The number of ether oxygens (including phenoxy) is 1. The average Bonchev–Trinajstić information content (AvgIpc) is 2.61. The minimum atomic E-state index is -0.460. The van der Waals surface area contributed by atoms with Crippen molar-refractivity contribution in [1.82, 2.24) is 4.98 Å². The Morgan fingerprint density at radius 2 is 2.23 bits per heavy atom. The van der Waals surface area contributed by atoms with Gasteiger partial charge in [0.05, 0.1) is 16.6 Å². The maximum absolute atomic E-state index is 12.6. The average molecular weight is 374 g/mol. The van der Waals surface area contributed by atoms with E-state index in [4.69, 9.17) is 22.1 Å². The zero-order valence-corrected chi connectivity index (χ0v) is 15.6. The fourth-order valence-electron chi connectivity index (χ4n) is 3.35. The number of anilines is 1. The first kappa shape index (κ1) is 18.7. The number of nitrogens with one attached hydrogen (secondary N) is 1. The lowest BCUT2D eigenvalue weighted by atomic mass is 9.74. The van der Waals surface area contributed by atoms with E-state index >= 15 is 0 Å². The maximum atomic E-state index is 12.6. The zero-order chi connectivity index (χ0) is 18.6. The highest BCUT2D eigenvalue weighted by atomic mass is 35.5. The monoisotopic (exact) mass is 373 g/mol. The van der Waals surface area contributed by atoms with Crippen LogP contribution in [0, 0.1) is 5.92 Å². The van der Waals surface area contributed by atoms with Gasteiger partial charge >= 0.3 is 0 Å². The highest BCUT2D eigenvalue weighted by Crippen LogP contribution is 2.33. The second kappa shape index (κ2) is 8.06. The number of pyridine rings is 1. The van der Waals surface area contributed by atoms with Crippen molar-refractivity contribution in [2.75, 3.05) is 5.32 Å². The topological polar surface area (TPSA) is 77.2 Å². The molecule has 0 bridgehead atoms. The molecule has 3 rings (SSSR count). The molecular formula is C20H24ClN3O2. The van der Waals surface area contributed by atoms with Gasteiger partial charge in [-0.25, -0.2) is 0 Å². The number of aromatic nitrogens is 1. The Morgan fingerprint density at radius 3 is 2.92 bits per heavy atom. The zero-order valence-electron chi connectivity index (χ0n) is 14.9. The van der Waals surface area contributed by atoms with Crippen LogP contribution in [0.25, 0.3) is 0 Å². The molecule has 3 N–H and O–H groups in total. The molecule has 1 saturated carbocycles. The summed E-state index contributed by atoms with van der Waals surface area (Å²) in [5.41, 5.74) is 7.32. The molecule has 1 aliphatic carbocycles. The van der Waals surface area contributed by atoms with Gasteiger partial charge in [-0.05, 0) is 50.1 Å². The van der Waals surface area contributed by atoms with Gasteiger partial charge in [0.1, 0.15) is 12.4 Å². The third-order valence-electron chi connectivity index (χ3n) is 4.87. The van der Waals surface area contributed by atoms with Crippen molar-refractivity contribution in [1.29, 1.82) is 0 Å². The molecule has 2 aromatic rings. The quantitative estimate of drug-likeness (QED) is 0.824. The maximum Gasteiger partial charge on any atom is 0.229 e. The van der Waals surface area contributed by atoms with Crippen molar-refractivity contribution in [3.8, 4) is 5.75 Å². The molecule has 1 fully saturated rings. The number of hydrogen-bond donors (Lipinski definition) is 2. The van der Waals surface area contributed by atoms with Gasteiger partial charge in [-0.2, -0.15) is 0 Å². The van der Waals surface area contributed by atoms with Crippen molar-refractivity contribution in [2.24, 2.45) is 11.7 Å². The third-order valence-corrected chi connectivity index (χ3v) is 5.17. The number of nitrogens with two attached hydrogens (primary N) is 1. The van der Waals surface area contributed by atoms with Crippen LogP contribution in [0.4, 0.5) is 5.69 Å². The number of nitrogens with zero attached hydrogens (tertiary/aromatic N) is 1. The largest absolute Gasteiger partial charge is 0.486 e. The summed E-state index contributed by atoms with van der Waals surface area (Å²) < 4.78 is 5.71. The molecule has 138 valence electrons. The second-order valence-electron chi connectivity index (χ2n) is 7.05. The van der Waals surface area contributed by atoms with E-state index < -0.39 is 5.54 Å². The smallest absolute Gasteiger partial charge is 0.229 e. The van der Waals surface area contributed by atoms with Crippen LogP contribution in [-0.4, -0.2) is 16.4 Å². The molecular weight excluding hydrogens is 350 g/mol. The Hall–Kier alpha value is -2.11. The number of benzene rings is 1. The van der Waals surface area contributed by atoms with Crippen LogP contribution in [0.1, 0.15) is 38.3 Å². The summed E-state index contributed by atoms with van der Waals surface area (Å²) in [6.07, 6.45) is 5.51. The summed E-state index contributed by atoms with van der Waals surface area (Å²) in [7, 11) is 0. The molecule has 6 heteroatoms. The third kappa shape index (κ3) is 4.54. The summed E-state index contributed by atoms with van der Waals surface area (Å²) >= 11 is 6.30. The van der Waals surface area contributed by atoms with Crippen LogP contribution in [0.15, 0.2) is 42.6 Å². The number of amides is 1. The minimum Gasteiger partial charge on any atom is -0.486 e. The van der Waals surface area contributed by atoms with Crippen LogP contribution in [-0.2, 0) is 11.4 Å². The molecule has 1 heterocycles. The highest BCUT2D eigenvalue weighted by molar-refractivity contribution is 6.32. The van der Waals surface area contributed by atoms with Gasteiger partial charge in [-0.15, -0.1) is 0 Å². The molecule has 26 heavy (non-hydrogen) atoms. The number of rotatable bonds is 5. The van der Waals surface area contributed by atoms with Crippen molar-refractivity contribution in [3.05, 3.63) is 53.3 Å². The number of halogens is 1. The summed E-state index contributed by atoms with van der Waals surface area (Å²) in [6, 6.07) is 10.9. The van der Waals surface area contributed by atoms with Crippen molar-refractivity contribution in [3.63, 3.8) is 0 Å². The van der Waals surface area contributed by atoms with Crippen molar-refractivity contribution < 1.29 is 9.53 Å². The molecule has 0 spiro atoms. The molecule has 0 radical (unpaired) electrons. The molecule has 2 unspecified atom stereocenters. The lowest BCUT2D eigenvalue weighted by Gasteiger charge is -2.37. The van der Waals surface area contributed by atoms with Crippen LogP contribution < -0.4 is 15.8 Å². The lowest BCUT2D eigenvalue weighted by Crippen LogP contribution is -2.51. The molecule has 1 aliphatic rings. The van der Waals surface area contributed by atoms with Crippen molar-refractivity contribution >= 4 is 23.2 Å². The van der Waals surface area contributed by atoms with E-state index in [0.29, 0.717) is 23.1 Å². The fraction of sp³-hybridized carbons (Fsp3) is 0.400. The Labute approximate surface area is 158 Å². The first-order valence-corrected chi connectivity index (χ1v) is 9.25. The SMILES string of the molecule is CC1(N)CCCCC1C(=O)Nc1ccc(OCc2ccccn2)c(Cl)c1. The Morgan fingerprint density at radius 1 is 1.38 bits per heavy atom. The molecule has 0 aliphatic heterocycles. The molecule has 1 aromatic heterocycles. The van der Waals surface area contributed by atoms with E-state index in [1.54, 1.807) is 24.4 Å². The standard InChI is InChI=1S/C20H24ClN3O2/c1-20(22)10-4-2-7-16(20)19(25)24-14-8-9-18(17(21)12-14)26-13-15-6-3-5-11-23-15/h3,5-6,8-9,11-12,16H,2,4,7,10,13,22H2,1H3,(H,24,25). The Kier molecular flexibility index (Phi) is 5.79. The molecule has 1 amide bonds. The summed E-state index contributed by atoms with van der Waals surface area (Å²) in [4.78, 5) is 16.8. The second-order valence-corrected chi connectivity index (χ2v) is 7.46. The van der Waals surface area contributed by atoms with Gasteiger partial charge in [0.2, 0.25) is 5.91 Å². The molecule has 5 nitrogen and oxygen atoms in total. The van der Waals surface area contributed by atoms with Crippen LogP contribution >= 0.6 is 11.6 Å². The van der Waals surface area contributed by atoms with Gasteiger partial charge in [-0.1, -0.05) is 30.5 Å². The van der Waals surface area contributed by atoms with Gasteiger partial charge in [0, 0.05) is 17.4 Å². The highest BCUT2D eigenvalue weighted by Gasteiger charge is 2.37. The summed E-state index contributed by atoms with van der Waals surface area (Å²) in [5, 5.41) is 3.38. The predicted octanol–water partition coefficient (Wildman–Crippen LogP) is 4.16. The predicted molar refractivity (Wildman–Crippen MR) is 103 cm³/mol. The molecule has 0 saturated heterocycles. The van der Waals surface area contributed by atoms with Crippen LogP contribution in [0.5, 0.6) is 5.75 Å². The van der Waals surface area contributed by atoms with Gasteiger partial charge in [-0.3, -0.25) is 9.78 Å². The number of carbonyl (C=O) groups is 1. The van der Waals surface area contributed by atoms with E-state index in [9.17, 15) is 4.79 Å². The molecule has 1 aromatic carbocycles. The number of hydrogen-bond acceptors (Lipinski definition) is 4. The van der Waals surface area contributed by atoms with E-state index in [2.05, 4.69) is 10.3 Å². The van der Waals surface area contributed by atoms with Gasteiger partial charge < -0.3 is 15.8 Å². The van der Waals surface area contributed by atoms with Crippen LogP contribution in [0.3, 0.4) is 0 Å². The first-order chi connectivity index (χ1) is 12.5. The van der Waals surface area contributed by atoms with E-state index in [-0.39, 0.29) is 11.8 Å². The summed E-state index contributed by atoms with van der Waals surface area (Å²) in [5.74, 6) is 0.319. The first-order valence-electron chi connectivity index (χ1n) is 8.88. The van der Waals surface area contributed by atoms with Crippen LogP contribution in [0.2, 0.25) is 5.02 Å². The van der Waals surface area contributed by atoms with Gasteiger partial charge in [0.25, 0.3) is 0 Å². The molecule has 2 atom stereocenters. The fourth-order valence-corrected chi connectivity index (χ4v) is 3.58. The van der Waals surface area contributed by atoms with E-state index in [1.165, 1.54) is 0 Å². The lowest BCUT2D eigenvalue weighted by molar-refractivity contribution is -0.122. The van der Waals surface area contributed by atoms with Crippen molar-refractivity contribution in [2.45, 2.75) is 44.8 Å². The normalized spacial score (nSPS) is 22.7. The minimum absolute atomic E-state index is 0.0482. The summed E-state index contributed by atoms with van der Waals surface area (Å²) in [6.45, 7) is 2.29. The van der Waals surface area contributed by atoms with E-state index in [0.717, 1.165) is 31.4 Å².